The van der Waals surface area contributed by atoms with Crippen molar-refractivity contribution < 1.29 is 14.3 Å². The highest BCUT2D eigenvalue weighted by atomic mass is 16.5. The third-order valence-corrected chi connectivity index (χ3v) is 4.17. The maximum absolute atomic E-state index is 13.1. The fourth-order valence-corrected chi connectivity index (χ4v) is 2.79. The first-order valence-corrected chi connectivity index (χ1v) is 8.78. The van der Waals surface area contributed by atoms with Crippen molar-refractivity contribution in [2.45, 2.75) is 13.0 Å². The molecule has 3 rings (SSSR count). The summed E-state index contributed by atoms with van der Waals surface area (Å²) in [5.41, 5.74) is 2.73. The molecule has 5 nitrogen and oxygen atoms in total. The number of methoxy groups -OCH3 is 1. The lowest BCUT2D eigenvalue weighted by Crippen LogP contribution is -2.26. The molecule has 0 aliphatic carbocycles. The molecule has 5 heteroatoms. The van der Waals surface area contributed by atoms with E-state index in [1.807, 2.05) is 49.4 Å². The highest BCUT2D eigenvalue weighted by molar-refractivity contribution is 5.96. The number of carbonyl (C=O) groups excluding carboxylic acids is 1. The average molecular weight is 372 g/mol. The number of amides is 1. The number of hydrogen-bond donors (Lipinski definition) is 1. The van der Waals surface area contributed by atoms with Gasteiger partial charge in [-0.25, -0.2) is 0 Å². The molecule has 0 unspecified atom stereocenters. The Bertz CT molecular complexity index is 1010. The summed E-state index contributed by atoms with van der Waals surface area (Å²) < 4.78 is 11.3. The van der Waals surface area contributed by atoms with Gasteiger partial charge in [-0.15, -0.1) is 0 Å². The van der Waals surface area contributed by atoms with E-state index in [-0.39, 0.29) is 5.91 Å². The summed E-state index contributed by atoms with van der Waals surface area (Å²) in [6.07, 6.45) is -0.889. The van der Waals surface area contributed by atoms with Gasteiger partial charge in [-0.1, -0.05) is 42.5 Å². The van der Waals surface area contributed by atoms with Gasteiger partial charge in [0.15, 0.2) is 0 Å². The number of ether oxygens (including phenoxy) is 2. The van der Waals surface area contributed by atoms with Gasteiger partial charge in [0.05, 0.1) is 24.4 Å². The smallest absolute Gasteiger partial charge is 0.270 e. The SMILES string of the molecule is COc1ccc(C)cc1NC(=O)[C@H](Oc1cccc(C#N)c1)c1ccccc1. The van der Waals surface area contributed by atoms with Crippen molar-refractivity contribution in [1.29, 1.82) is 5.26 Å². The quantitative estimate of drug-likeness (QED) is 0.684. The molecule has 28 heavy (non-hydrogen) atoms. The third kappa shape index (κ3) is 4.49. The summed E-state index contributed by atoms with van der Waals surface area (Å²) in [4.78, 5) is 13.1. The Kier molecular flexibility index (Phi) is 5.93. The molecule has 0 fully saturated rings. The van der Waals surface area contributed by atoms with E-state index in [4.69, 9.17) is 14.7 Å². The molecule has 0 aliphatic heterocycles. The van der Waals surface area contributed by atoms with Crippen LogP contribution in [-0.2, 0) is 4.79 Å². The fourth-order valence-electron chi connectivity index (χ4n) is 2.79. The van der Waals surface area contributed by atoms with Crippen molar-refractivity contribution in [3.8, 4) is 17.6 Å². The van der Waals surface area contributed by atoms with Crippen LogP contribution in [0.1, 0.15) is 22.8 Å². The molecule has 1 N–H and O–H groups in total. The molecular weight excluding hydrogens is 352 g/mol. The second-order valence-corrected chi connectivity index (χ2v) is 6.24. The van der Waals surface area contributed by atoms with Crippen molar-refractivity contribution in [2.75, 3.05) is 12.4 Å². The molecule has 0 heterocycles. The van der Waals surface area contributed by atoms with E-state index < -0.39 is 6.10 Å². The van der Waals surface area contributed by atoms with Crippen LogP contribution in [0, 0.1) is 18.3 Å². The van der Waals surface area contributed by atoms with E-state index in [0.717, 1.165) is 5.56 Å². The van der Waals surface area contributed by atoms with E-state index in [9.17, 15) is 4.79 Å². The number of hydrogen-bond acceptors (Lipinski definition) is 4. The maximum atomic E-state index is 13.1. The molecule has 0 bridgehead atoms. The van der Waals surface area contributed by atoms with Gasteiger partial charge < -0.3 is 14.8 Å². The number of anilines is 1. The number of carbonyl (C=O) groups is 1. The summed E-state index contributed by atoms with van der Waals surface area (Å²) in [6, 6.07) is 23.6. The van der Waals surface area contributed by atoms with E-state index in [0.29, 0.717) is 28.3 Å². The van der Waals surface area contributed by atoms with Gasteiger partial charge in [0.25, 0.3) is 5.91 Å². The fraction of sp³-hybridized carbons (Fsp3) is 0.130. The molecule has 3 aromatic rings. The predicted molar refractivity (Wildman–Crippen MR) is 107 cm³/mol. The van der Waals surface area contributed by atoms with Crippen molar-refractivity contribution >= 4 is 11.6 Å². The lowest BCUT2D eigenvalue weighted by Gasteiger charge is -2.20. The first-order chi connectivity index (χ1) is 13.6. The molecule has 1 amide bonds. The van der Waals surface area contributed by atoms with E-state index in [1.165, 1.54) is 0 Å². The Labute approximate surface area is 164 Å². The van der Waals surface area contributed by atoms with Crippen LogP contribution in [0.4, 0.5) is 5.69 Å². The Balaban J connectivity index is 1.92. The Morgan fingerprint density at radius 3 is 2.54 bits per heavy atom. The lowest BCUT2D eigenvalue weighted by molar-refractivity contribution is -0.123. The third-order valence-electron chi connectivity index (χ3n) is 4.17. The predicted octanol–water partition coefficient (Wildman–Crippen LogP) is 4.63. The molecule has 0 aromatic heterocycles. The van der Waals surface area contributed by atoms with E-state index >= 15 is 0 Å². The number of benzene rings is 3. The van der Waals surface area contributed by atoms with Crippen molar-refractivity contribution in [3.05, 3.63) is 89.5 Å². The number of nitriles is 1. The lowest BCUT2D eigenvalue weighted by atomic mass is 10.1. The monoisotopic (exact) mass is 372 g/mol. The van der Waals surface area contributed by atoms with Crippen LogP contribution in [0.15, 0.2) is 72.8 Å². The summed E-state index contributed by atoms with van der Waals surface area (Å²) in [6.45, 7) is 1.94. The van der Waals surface area contributed by atoms with Crippen LogP contribution in [0.2, 0.25) is 0 Å². The van der Waals surface area contributed by atoms with Crippen LogP contribution in [0.5, 0.6) is 11.5 Å². The highest BCUT2D eigenvalue weighted by Gasteiger charge is 2.24. The van der Waals surface area contributed by atoms with Gasteiger partial charge in [-0.3, -0.25) is 4.79 Å². The minimum Gasteiger partial charge on any atom is -0.495 e. The first kappa shape index (κ1) is 19.0. The molecular formula is C23H20N2O3. The second-order valence-electron chi connectivity index (χ2n) is 6.24. The topological polar surface area (TPSA) is 71.3 Å². The van der Waals surface area contributed by atoms with Gasteiger partial charge >= 0.3 is 0 Å². The normalized spacial score (nSPS) is 11.2. The van der Waals surface area contributed by atoms with Crippen molar-refractivity contribution in [2.24, 2.45) is 0 Å². The van der Waals surface area contributed by atoms with Gasteiger partial charge in [0.1, 0.15) is 11.5 Å². The molecule has 0 aliphatic rings. The number of rotatable bonds is 6. The summed E-state index contributed by atoms with van der Waals surface area (Å²) >= 11 is 0. The minimum atomic E-state index is -0.889. The zero-order chi connectivity index (χ0) is 19.9. The molecule has 140 valence electrons. The van der Waals surface area contributed by atoms with E-state index in [1.54, 1.807) is 37.4 Å². The van der Waals surface area contributed by atoms with E-state index in [2.05, 4.69) is 11.4 Å². The van der Waals surface area contributed by atoms with Crippen LogP contribution >= 0.6 is 0 Å². The second kappa shape index (κ2) is 8.74. The first-order valence-electron chi connectivity index (χ1n) is 8.78. The molecule has 0 saturated heterocycles. The minimum absolute atomic E-state index is 0.336. The number of nitrogens with one attached hydrogen (secondary N) is 1. The Morgan fingerprint density at radius 1 is 1.04 bits per heavy atom. The largest absolute Gasteiger partial charge is 0.495 e. The van der Waals surface area contributed by atoms with Crippen molar-refractivity contribution in [3.63, 3.8) is 0 Å². The highest BCUT2D eigenvalue weighted by Crippen LogP contribution is 2.29. The van der Waals surface area contributed by atoms with Crippen LogP contribution in [0.25, 0.3) is 0 Å². The van der Waals surface area contributed by atoms with Gasteiger partial charge in [-0.2, -0.15) is 5.26 Å². The van der Waals surface area contributed by atoms with Gasteiger partial charge in [-0.05, 0) is 42.8 Å². The number of aryl methyl sites for hydroxylation is 1. The van der Waals surface area contributed by atoms with Crippen LogP contribution in [-0.4, -0.2) is 13.0 Å². The summed E-state index contributed by atoms with van der Waals surface area (Å²) in [5, 5.41) is 12.0. The average Bonchev–Trinajstić information content (AvgIpc) is 2.73. The molecule has 0 spiro atoms. The molecule has 0 saturated carbocycles. The Hall–Kier alpha value is -3.78. The summed E-state index contributed by atoms with van der Waals surface area (Å²) in [5.74, 6) is 0.675. The molecule has 3 aromatic carbocycles. The summed E-state index contributed by atoms with van der Waals surface area (Å²) in [7, 11) is 1.55. The molecule has 0 radical (unpaired) electrons. The number of nitrogens with zero attached hydrogens (tertiary/aromatic N) is 1. The van der Waals surface area contributed by atoms with Gasteiger partial charge in [0, 0.05) is 5.56 Å². The van der Waals surface area contributed by atoms with Gasteiger partial charge in [0.2, 0.25) is 6.10 Å². The standard InChI is InChI=1S/C23H20N2O3/c1-16-11-12-21(27-2)20(13-16)25-23(26)22(18-8-4-3-5-9-18)28-19-10-6-7-17(14-19)15-24/h3-14,22H,1-2H3,(H,25,26)/t22-/m1/s1. The van der Waals surface area contributed by atoms with Crippen LogP contribution < -0.4 is 14.8 Å². The van der Waals surface area contributed by atoms with Crippen LogP contribution in [0.3, 0.4) is 0 Å². The zero-order valence-corrected chi connectivity index (χ0v) is 15.7. The Morgan fingerprint density at radius 2 is 1.82 bits per heavy atom. The zero-order valence-electron chi connectivity index (χ0n) is 15.7. The van der Waals surface area contributed by atoms with Crippen molar-refractivity contribution in [1.82, 2.24) is 0 Å². The molecule has 1 atom stereocenters. The maximum Gasteiger partial charge on any atom is 0.270 e.